The van der Waals surface area contributed by atoms with Gasteiger partial charge in [-0.25, -0.2) is 0 Å². The van der Waals surface area contributed by atoms with Crippen LogP contribution in [0.5, 0.6) is 0 Å². The molecule has 1 N–H and O–H groups in total. The topological polar surface area (TPSA) is 23.5 Å². The molecule has 0 aromatic carbocycles. The Labute approximate surface area is 113 Å². The molecule has 0 radical (unpaired) electrons. The van der Waals surface area contributed by atoms with E-state index in [1.165, 1.54) is 58.0 Å². The SMILES string of the molecule is CC1(C)CCC(O)C(CN2CCCCCCC2)C1. The zero-order valence-electron chi connectivity index (χ0n) is 12.3. The highest BCUT2D eigenvalue weighted by Crippen LogP contribution is 2.39. The van der Waals surface area contributed by atoms with Crippen LogP contribution in [0.1, 0.15) is 65.2 Å². The van der Waals surface area contributed by atoms with E-state index >= 15 is 0 Å². The summed E-state index contributed by atoms with van der Waals surface area (Å²) in [6.07, 6.45) is 10.3. The largest absolute Gasteiger partial charge is 0.393 e. The van der Waals surface area contributed by atoms with Gasteiger partial charge >= 0.3 is 0 Å². The summed E-state index contributed by atoms with van der Waals surface area (Å²) in [5.74, 6) is 0.508. The first-order chi connectivity index (χ1) is 8.57. The molecule has 2 fully saturated rings. The molecule has 2 nitrogen and oxygen atoms in total. The molecule has 0 aromatic heterocycles. The molecule has 1 heterocycles. The van der Waals surface area contributed by atoms with E-state index in [1.807, 2.05) is 0 Å². The third-order valence-electron chi connectivity index (χ3n) is 4.92. The summed E-state index contributed by atoms with van der Waals surface area (Å²) < 4.78 is 0. The lowest BCUT2D eigenvalue weighted by Crippen LogP contribution is -2.42. The highest BCUT2D eigenvalue weighted by Gasteiger charge is 2.34. The molecule has 2 rings (SSSR count). The highest BCUT2D eigenvalue weighted by molar-refractivity contribution is 4.86. The second-order valence-corrected chi connectivity index (χ2v) is 7.30. The standard InChI is InChI=1S/C16H31NO/c1-16(2)9-8-15(18)14(12-16)13-17-10-6-4-3-5-7-11-17/h14-15,18H,3-13H2,1-2H3. The van der Waals surface area contributed by atoms with Gasteiger partial charge in [-0.15, -0.1) is 0 Å². The lowest BCUT2D eigenvalue weighted by molar-refractivity contribution is 0.00321. The molecule has 2 heteroatoms. The summed E-state index contributed by atoms with van der Waals surface area (Å²) in [5.41, 5.74) is 0.437. The molecule has 0 bridgehead atoms. The Morgan fingerprint density at radius 2 is 1.67 bits per heavy atom. The normalized spacial score (nSPS) is 34.8. The summed E-state index contributed by atoms with van der Waals surface area (Å²) in [5, 5.41) is 10.2. The molecule has 1 saturated carbocycles. The monoisotopic (exact) mass is 253 g/mol. The van der Waals surface area contributed by atoms with Crippen molar-refractivity contribution in [3.05, 3.63) is 0 Å². The number of hydrogen-bond acceptors (Lipinski definition) is 2. The van der Waals surface area contributed by atoms with Crippen molar-refractivity contribution in [2.45, 2.75) is 71.3 Å². The summed E-state index contributed by atoms with van der Waals surface area (Å²) in [7, 11) is 0. The van der Waals surface area contributed by atoms with E-state index in [2.05, 4.69) is 18.7 Å². The third kappa shape index (κ3) is 4.24. The third-order valence-corrected chi connectivity index (χ3v) is 4.92. The maximum absolute atomic E-state index is 10.2. The van der Waals surface area contributed by atoms with Crippen LogP contribution in [0.25, 0.3) is 0 Å². The van der Waals surface area contributed by atoms with Gasteiger partial charge in [0.1, 0.15) is 0 Å². The Bertz CT molecular complexity index is 243. The highest BCUT2D eigenvalue weighted by atomic mass is 16.3. The van der Waals surface area contributed by atoms with Crippen molar-refractivity contribution in [3.63, 3.8) is 0 Å². The number of hydrogen-bond donors (Lipinski definition) is 1. The number of aliphatic hydroxyl groups excluding tert-OH is 1. The van der Waals surface area contributed by atoms with Gasteiger partial charge in [-0.3, -0.25) is 0 Å². The van der Waals surface area contributed by atoms with Crippen molar-refractivity contribution in [3.8, 4) is 0 Å². The molecular weight excluding hydrogens is 222 g/mol. The smallest absolute Gasteiger partial charge is 0.0581 e. The van der Waals surface area contributed by atoms with Gasteiger partial charge in [0, 0.05) is 6.54 Å². The molecule has 0 aromatic rings. The average molecular weight is 253 g/mol. The van der Waals surface area contributed by atoms with E-state index < -0.39 is 0 Å². The molecule has 2 atom stereocenters. The van der Waals surface area contributed by atoms with Crippen molar-refractivity contribution >= 4 is 0 Å². The molecule has 1 aliphatic carbocycles. The number of likely N-dealkylation sites (tertiary alicyclic amines) is 1. The number of rotatable bonds is 2. The Morgan fingerprint density at radius 3 is 2.33 bits per heavy atom. The lowest BCUT2D eigenvalue weighted by atomic mass is 9.70. The van der Waals surface area contributed by atoms with Crippen LogP contribution < -0.4 is 0 Å². The zero-order valence-corrected chi connectivity index (χ0v) is 12.3. The molecule has 2 unspecified atom stereocenters. The first-order valence-corrected chi connectivity index (χ1v) is 7.97. The van der Waals surface area contributed by atoms with Crippen molar-refractivity contribution in [1.82, 2.24) is 4.90 Å². The predicted molar refractivity (Wildman–Crippen MR) is 76.7 cm³/mol. The van der Waals surface area contributed by atoms with E-state index in [4.69, 9.17) is 0 Å². The second kappa shape index (κ2) is 6.38. The van der Waals surface area contributed by atoms with Gasteiger partial charge in [-0.05, 0) is 56.5 Å². The predicted octanol–water partition coefficient (Wildman–Crippen LogP) is 3.44. The van der Waals surface area contributed by atoms with E-state index in [1.54, 1.807) is 0 Å². The van der Waals surface area contributed by atoms with Crippen molar-refractivity contribution in [2.24, 2.45) is 11.3 Å². The van der Waals surface area contributed by atoms with Crippen LogP contribution in [-0.4, -0.2) is 35.7 Å². The van der Waals surface area contributed by atoms with Gasteiger partial charge in [0.15, 0.2) is 0 Å². The minimum absolute atomic E-state index is 0.0523. The van der Waals surface area contributed by atoms with Gasteiger partial charge in [0.05, 0.1) is 6.10 Å². The van der Waals surface area contributed by atoms with Crippen LogP contribution >= 0.6 is 0 Å². The molecule has 0 amide bonds. The zero-order chi connectivity index (χ0) is 13.0. The molecule has 2 aliphatic rings. The van der Waals surface area contributed by atoms with Crippen LogP contribution in [0.3, 0.4) is 0 Å². The van der Waals surface area contributed by atoms with Crippen molar-refractivity contribution < 1.29 is 5.11 Å². The quantitative estimate of drug-likeness (QED) is 0.815. The molecule has 1 aliphatic heterocycles. The molecule has 106 valence electrons. The Kier molecular flexibility index (Phi) is 5.08. The maximum atomic E-state index is 10.2. The summed E-state index contributed by atoms with van der Waals surface area (Å²) in [6, 6.07) is 0. The van der Waals surface area contributed by atoms with E-state index in [0.717, 1.165) is 13.0 Å². The average Bonchev–Trinajstić information content (AvgIpc) is 2.27. The first-order valence-electron chi connectivity index (χ1n) is 7.97. The van der Waals surface area contributed by atoms with Gasteiger partial charge in [-0.1, -0.05) is 33.1 Å². The Balaban J connectivity index is 1.85. The fourth-order valence-electron chi connectivity index (χ4n) is 3.74. The fraction of sp³-hybridized carbons (Fsp3) is 1.00. The Morgan fingerprint density at radius 1 is 1.06 bits per heavy atom. The van der Waals surface area contributed by atoms with Gasteiger partial charge in [0.2, 0.25) is 0 Å². The van der Waals surface area contributed by atoms with E-state index in [9.17, 15) is 5.11 Å². The van der Waals surface area contributed by atoms with Crippen molar-refractivity contribution in [1.29, 1.82) is 0 Å². The van der Waals surface area contributed by atoms with Crippen LogP contribution in [0.15, 0.2) is 0 Å². The lowest BCUT2D eigenvalue weighted by Gasteiger charge is -2.41. The summed E-state index contributed by atoms with van der Waals surface area (Å²) in [6.45, 7) is 8.36. The van der Waals surface area contributed by atoms with E-state index in [-0.39, 0.29) is 6.10 Å². The van der Waals surface area contributed by atoms with Gasteiger partial charge in [0.25, 0.3) is 0 Å². The van der Waals surface area contributed by atoms with E-state index in [0.29, 0.717) is 11.3 Å². The molecular formula is C16H31NO. The first kappa shape index (κ1) is 14.3. The van der Waals surface area contributed by atoms with Crippen LogP contribution in [0.2, 0.25) is 0 Å². The minimum atomic E-state index is -0.0523. The Hall–Kier alpha value is -0.0800. The molecule has 0 spiro atoms. The summed E-state index contributed by atoms with van der Waals surface area (Å²) in [4.78, 5) is 2.62. The molecule has 1 saturated heterocycles. The number of nitrogens with zero attached hydrogens (tertiary/aromatic N) is 1. The number of aliphatic hydroxyl groups is 1. The fourth-order valence-corrected chi connectivity index (χ4v) is 3.74. The summed E-state index contributed by atoms with van der Waals surface area (Å²) >= 11 is 0. The second-order valence-electron chi connectivity index (χ2n) is 7.30. The van der Waals surface area contributed by atoms with Crippen LogP contribution in [-0.2, 0) is 0 Å². The van der Waals surface area contributed by atoms with Crippen molar-refractivity contribution in [2.75, 3.05) is 19.6 Å². The van der Waals surface area contributed by atoms with Gasteiger partial charge < -0.3 is 10.0 Å². The van der Waals surface area contributed by atoms with Gasteiger partial charge in [-0.2, -0.15) is 0 Å². The van der Waals surface area contributed by atoms with Crippen LogP contribution in [0, 0.1) is 11.3 Å². The molecule has 18 heavy (non-hydrogen) atoms. The maximum Gasteiger partial charge on any atom is 0.0581 e. The minimum Gasteiger partial charge on any atom is -0.393 e. The van der Waals surface area contributed by atoms with Crippen LogP contribution in [0.4, 0.5) is 0 Å².